The van der Waals surface area contributed by atoms with Crippen molar-refractivity contribution >= 4 is 33.4 Å². The third kappa shape index (κ3) is 2.06. The van der Waals surface area contributed by atoms with Crippen LogP contribution in [-0.4, -0.2) is 22.7 Å². The van der Waals surface area contributed by atoms with Crippen molar-refractivity contribution < 1.29 is 14.3 Å². The minimum absolute atomic E-state index is 0.196. The van der Waals surface area contributed by atoms with Crippen molar-refractivity contribution in [2.24, 2.45) is 0 Å². The van der Waals surface area contributed by atoms with E-state index in [1.165, 1.54) is 11.5 Å². The van der Waals surface area contributed by atoms with Crippen molar-refractivity contribution in [2.75, 3.05) is 6.61 Å². The second-order valence-electron chi connectivity index (χ2n) is 3.50. The molecule has 5 heteroatoms. The summed E-state index contributed by atoms with van der Waals surface area (Å²) in [5.74, 6) is -1.42. The lowest BCUT2D eigenvalue weighted by molar-refractivity contribution is -0.137. The van der Waals surface area contributed by atoms with Crippen LogP contribution in [0.5, 0.6) is 0 Å². The highest BCUT2D eigenvalue weighted by Gasteiger charge is 2.21. The Morgan fingerprint density at radius 2 is 2.18 bits per heavy atom. The maximum atomic E-state index is 11.9. The molecular weight excluding hydrogens is 238 g/mol. The highest BCUT2D eigenvalue weighted by molar-refractivity contribution is 7.13. The van der Waals surface area contributed by atoms with Gasteiger partial charge >= 0.3 is 5.97 Å². The molecule has 0 saturated heterocycles. The number of ether oxygens (including phenoxy) is 1. The van der Waals surface area contributed by atoms with Crippen molar-refractivity contribution in [3.05, 3.63) is 29.5 Å². The standard InChI is InChI=1S/C12H11NO3S/c1-3-16-12(15)11(14)8-5-4-6-9-10(8)7(2)13-17-9/h4-6H,3H2,1-2H3. The van der Waals surface area contributed by atoms with Gasteiger partial charge in [0.1, 0.15) is 0 Å². The maximum Gasteiger partial charge on any atom is 0.379 e. The predicted molar refractivity (Wildman–Crippen MR) is 65.3 cm³/mol. The fourth-order valence-corrected chi connectivity index (χ4v) is 2.45. The summed E-state index contributed by atoms with van der Waals surface area (Å²) >= 11 is 1.32. The van der Waals surface area contributed by atoms with E-state index in [-0.39, 0.29) is 6.61 Å². The van der Waals surface area contributed by atoms with E-state index >= 15 is 0 Å². The molecule has 4 nitrogen and oxygen atoms in total. The van der Waals surface area contributed by atoms with Gasteiger partial charge in [0.2, 0.25) is 0 Å². The van der Waals surface area contributed by atoms with Gasteiger partial charge in [-0.25, -0.2) is 4.79 Å². The van der Waals surface area contributed by atoms with Crippen molar-refractivity contribution in [2.45, 2.75) is 13.8 Å². The van der Waals surface area contributed by atoms with E-state index in [0.717, 1.165) is 15.8 Å². The van der Waals surface area contributed by atoms with Gasteiger partial charge in [0, 0.05) is 10.9 Å². The van der Waals surface area contributed by atoms with Gasteiger partial charge in [0.05, 0.1) is 17.0 Å². The number of benzene rings is 1. The zero-order valence-corrected chi connectivity index (χ0v) is 10.3. The minimum Gasteiger partial charge on any atom is -0.460 e. The van der Waals surface area contributed by atoms with Crippen LogP contribution in [0.3, 0.4) is 0 Å². The number of rotatable bonds is 3. The zero-order valence-electron chi connectivity index (χ0n) is 9.52. The number of aromatic nitrogens is 1. The van der Waals surface area contributed by atoms with E-state index in [1.54, 1.807) is 19.1 Å². The molecule has 0 spiro atoms. The number of carbonyl (C=O) groups is 2. The molecule has 1 aromatic heterocycles. The number of fused-ring (bicyclic) bond motifs is 1. The number of carbonyl (C=O) groups excluding carboxylic acids is 2. The Hall–Kier alpha value is -1.75. The Morgan fingerprint density at radius 1 is 1.41 bits per heavy atom. The van der Waals surface area contributed by atoms with Crippen LogP contribution in [0.25, 0.3) is 10.1 Å². The summed E-state index contributed by atoms with van der Waals surface area (Å²) in [6, 6.07) is 5.25. The number of esters is 1. The highest BCUT2D eigenvalue weighted by atomic mass is 32.1. The number of ketones is 1. The molecule has 88 valence electrons. The van der Waals surface area contributed by atoms with Gasteiger partial charge in [0.25, 0.3) is 5.78 Å². The molecule has 0 aliphatic carbocycles. The summed E-state index contributed by atoms with van der Waals surface area (Å²) in [7, 11) is 0. The first-order valence-electron chi connectivity index (χ1n) is 5.21. The molecule has 2 rings (SSSR count). The van der Waals surface area contributed by atoms with Crippen molar-refractivity contribution in [3.63, 3.8) is 0 Å². The summed E-state index contributed by atoms with van der Waals surface area (Å²) in [5.41, 5.74) is 1.13. The fraction of sp³-hybridized carbons (Fsp3) is 0.250. The summed E-state index contributed by atoms with van der Waals surface area (Å²) < 4.78 is 9.80. The van der Waals surface area contributed by atoms with Crippen LogP contribution in [0.4, 0.5) is 0 Å². The van der Waals surface area contributed by atoms with Gasteiger partial charge in [-0.2, -0.15) is 4.37 Å². The second kappa shape index (κ2) is 4.63. The first-order chi connectivity index (χ1) is 8.15. The van der Waals surface area contributed by atoms with Crippen molar-refractivity contribution in [3.8, 4) is 0 Å². The van der Waals surface area contributed by atoms with Crippen LogP contribution in [0, 0.1) is 6.92 Å². The molecule has 0 amide bonds. The molecule has 17 heavy (non-hydrogen) atoms. The van der Waals surface area contributed by atoms with Gasteiger partial charge in [-0.15, -0.1) is 0 Å². The first-order valence-corrected chi connectivity index (χ1v) is 5.99. The fourth-order valence-electron chi connectivity index (χ4n) is 1.64. The van der Waals surface area contributed by atoms with Gasteiger partial charge in [-0.3, -0.25) is 4.79 Å². The van der Waals surface area contributed by atoms with Crippen LogP contribution in [0.15, 0.2) is 18.2 Å². The number of hydrogen-bond acceptors (Lipinski definition) is 5. The van der Waals surface area contributed by atoms with Crippen molar-refractivity contribution in [1.82, 2.24) is 4.37 Å². The topological polar surface area (TPSA) is 56.3 Å². The molecule has 0 saturated carbocycles. The molecule has 0 atom stereocenters. The van der Waals surface area contributed by atoms with Gasteiger partial charge in [-0.05, 0) is 37.5 Å². The lowest BCUT2D eigenvalue weighted by Crippen LogP contribution is -2.17. The Labute approximate surface area is 102 Å². The molecule has 0 radical (unpaired) electrons. The van der Waals surface area contributed by atoms with Gasteiger partial charge in [-0.1, -0.05) is 6.07 Å². The van der Waals surface area contributed by atoms with Gasteiger partial charge in [0.15, 0.2) is 0 Å². The normalized spacial score (nSPS) is 10.5. The molecule has 2 aromatic rings. The van der Waals surface area contributed by atoms with Crippen LogP contribution >= 0.6 is 11.5 Å². The molecule has 0 unspecified atom stereocenters. The Bertz CT molecular complexity index is 588. The average Bonchev–Trinajstić information content (AvgIpc) is 2.71. The molecule has 1 heterocycles. The number of hydrogen-bond donors (Lipinski definition) is 0. The maximum absolute atomic E-state index is 11.9. The molecule has 0 aliphatic rings. The van der Waals surface area contributed by atoms with Crippen molar-refractivity contribution in [1.29, 1.82) is 0 Å². The summed E-state index contributed by atoms with van der Waals surface area (Å²) in [6.07, 6.45) is 0. The third-order valence-electron chi connectivity index (χ3n) is 2.37. The van der Waals surface area contributed by atoms with E-state index in [9.17, 15) is 9.59 Å². The molecule has 0 fully saturated rings. The number of nitrogens with zero attached hydrogens (tertiary/aromatic N) is 1. The largest absolute Gasteiger partial charge is 0.460 e. The van der Waals surface area contributed by atoms with E-state index in [4.69, 9.17) is 4.74 Å². The average molecular weight is 249 g/mol. The van der Waals surface area contributed by atoms with Gasteiger partial charge < -0.3 is 4.74 Å². The zero-order chi connectivity index (χ0) is 12.4. The van der Waals surface area contributed by atoms with Crippen LogP contribution < -0.4 is 0 Å². The molecule has 0 N–H and O–H groups in total. The predicted octanol–water partition coefficient (Wildman–Crippen LogP) is 2.35. The Kier molecular flexibility index (Phi) is 3.19. The summed E-state index contributed by atoms with van der Waals surface area (Å²) in [6.45, 7) is 3.69. The summed E-state index contributed by atoms with van der Waals surface area (Å²) in [5, 5.41) is 0.746. The minimum atomic E-state index is -0.814. The number of Topliss-reactive ketones (excluding diaryl/α,β-unsaturated/α-hetero) is 1. The Morgan fingerprint density at radius 3 is 2.88 bits per heavy atom. The van der Waals surface area contributed by atoms with Crippen LogP contribution in [0.1, 0.15) is 23.0 Å². The smallest absolute Gasteiger partial charge is 0.379 e. The van der Waals surface area contributed by atoms with E-state index in [0.29, 0.717) is 5.56 Å². The van der Waals surface area contributed by atoms with E-state index in [2.05, 4.69) is 4.37 Å². The van der Waals surface area contributed by atoms with Crippen LogP contribution in [-0.2, 0) is 9.53 Å². The Balaban J connectivity index is 2.51. The third-order valence-corrected chi connectivity index (χ3v) is 3.28. The SMILES string of the molecule is CCOC(=O)C(=O)c1cccc2snc(C)c12. The summed E-state index contributed by atoms with van der Waals surface area (Å²) in [4.78, 5) is 23.3. The molecule has 0 bridgehead atoms. The molecule has 0 aliphatic heterocycles. The van der Waals surface area contributed by atoms with E-state index < -0.39 is 11.8 Å². The molecular formula is C12H11NO3S. The first kappa shape index (κ1) is 11.7. The van der Waals surface area contributed by atoms with Crippen LogP contribution in [0.2, 0.25) is 0 Å². The highest BCUT2D eigenvalue weighted by Crippen LogP contribution is 2.26. The lowest BCUT2D eigenvalue weighted by Gasteiger charge is -2.02. The molecule has 1 aromatic carbocycles. The quantitative estimate of drug-likeness (QED) is 0.476. The monoisotopic (exact) mass is 249 g/mol. The van der Waals surface area contributed by atoms with E-state index in [1.807, 2.05) is 13.0 Å². The lowest BCUT2D eigenvalue weighted by atomic mass is 10.1. The number of aryl methyl sites for hydroxylation is 1. The second-order valence-corrected chi connectivity index (χ2v) is 4.30.